The summed E-state index contributed by atoms with van der Waals surface area (Å²) in [7, 11) is 0. The Morgan fingerprint density at radius 2 is 1.74 bits per heavy atom. The lowest BCUT2D eigenvalue weighted by Gasteiger charge is -2.10. The number of nitrogens with two attached hydrogens (primary N) is 1. The maximum absolute atomic E-state index is 10.8. The summed E-state index contributed by atoms with van der Waals surface area (Å²) in [5, 5.41) is 20.2. The highest BCUT2D eigenvalue weighted by Crippen LogP contribution is 2.24. The van der Waals surface area contributed by atoms with Crippen LogP contribution in [0.15, 0.2) is 59.8 Å². The van der Waals surface area contributed by atoms with E-state index in [2.05, 4.69) is 26.9 Å². The predicted molar refractivity (Wildman–Crippen MR) is 106 cm³/mol. The number of non-ortho nitro benzene ring substituents is 1. The van der Waals surface area contributed by atoms with Crippen LogP contribution in [-0.2, 0) is 25.1 Å². The van der Waals surface area contributed by atoms with Crippen LogP contribution in [0.1, 0.15) is 17.0 Å². The predicted octanol–water partition coefficient (Wildman–Crippen LogP) is 3.22. The van der Waals surface area contributed by atoms with Gasteiger partial charge in [-0.25, -0.2) is 0 Å². The first-order chi connectivity index (χ1) is 13.2. The molecule has 0 unspecified atom stereocenters. The number of benzene rings is 2. The van der Waals surface area contributed by atoms with E-state index < -0.39 is 4.92 Å². The van der Waals surface area contributed by atoms with Gasteiger partial charge in [0.05, 0.1) is 4.92 Å². The Labute approximate surface area is 161 Å². The van der Waals surface area contributed by atoms with Crippen molar-refractivity contribution in [3.63, 3.8) is 0 Å². The molecule has 0 saturated heterocycles. The summed E-state index contributed by atoms with van der Waals surface area (Å²) in [6, 6.07) is 16.9. The van der Waals surface area contributed by atoms with Gasteiger partial charge in [-0.2, -0.15) is 0 Å². The van der Waals surface area contributed by atoms with Crippen LogP contribution in [0.2, 0.25) is 0 Å². The monoisotopic (exact) mass is 383 g/mol. The van der Waals surface area contributed by atoms with Crippen LogP contribution in [0.4, 0.5) is 5.69 Å². The highest BCUT2D eigenvalue weighted by molar-refractivity contribution is 7.98. The number of aromatic nitrogens is 3. The van der Waals surface area contributed by atoms with Crippen LogP contribution in [0, 0.1) is 10.1 Å². The lowest BCUT2D eigenvalue weighted by molar-refractivity contribution is -0.384. The number of nitrogens with zero attached hydrogens (tertiary/aromatic N) is 4. The van der Waals surface area contributed by atoms with Gasteiger partial charge in [0.2, 0.25) is 0 Å². The molecule has 0 bridgehead atoms. The van der Waals surface area contributed by atoms with Crippen LogP contribution in [0.5, 0.6) is 0 Å². The fraction of sp³-hybridized carbons (Fsp3) is 0.263. The number of hydrogen-bond acceptors (Lipinski definition) is 6. The van der Waals surface area contributed by atoms with Crippen molar-refractivity contribution in [3.05, 3.63) is 81.7 Å². The van der Waals surface area contributed by atoms with Crippen LogP contribution < -0.4 is 5.73 Å². The second kappa shape index (κ2) is 9.29. The molecule has 0 atom stereocenters. The number of nitro benzene ring substituents is 1. The maximum atomic E-state index is 10.8. The van der Waals surface area contributed by atoms with Gasteiger partial charge in [-0.3, -0.25) is 10.1 Å². The van der Waals surface area contributed by atoms with E-state index in [0.717, 1.165) is 29.5 Å². The normalized spacial score (nSPS) is 10.9. The molecule has 0 aliphatic heterocycles. The minimum absolute atomic E-state index is 0.0972. The number of hydrogen-bond donors (Lipinski definition) is 1. The molecule has 0 fully saturated rings. The van der Waals surface area contributed by atoms with E-state index >= 15 is 0 Å². The number of thioether (sulfide) groups is 1. The van der Waals surface area contributed by atoms with E-state index in [9.17, 15) is 10.1 Å². The third-order valence-corrected chi connectivity index (χ3v) is 5.18. The molecule has 3 rings (SSSR count). The van der Waals surface area contributed by atoms with Gasteiger partial charge in [-0.15, -0.1) is 10.2 Å². The molecule has 8 heteroatoms. The molecule has 0 aliphatic rings. The molecule has 2 N–H and O–H groups in total. The standard InChI is InChI=1S/C19H21N5O2S/c20-12-10-18-21-22-19(23(18)13-11-15-4-2-1-3-5-15)27-14-16-6-8-17(9-7-16)24(25)26/h1-9H,10-14,20H2. The molecular weight excluding hydrogens is 362 g/mol. The number of nitro groups is 1. The summed E-state index contributed by atoms with van der Waals surface area (Å²) < 4.78 is 2.12. The third kappa shape index (κ3) is 5.15. The molecule has 140 valence electrons. The van der Waals surface area contributed by atoms with Gasteiger partial charge in [0.25, 0.3) is 5.69 Å². The van der Waals surface area contributed by atoms with Crippen molar-refractivity contribution in [1.82, 2.24) is 14.8 Å². The van der Waals surface area contributed by atoms with Gasteiger partial charge in [-0.1, -0.05) is 54.2 Å². The average Bonchev–Trinajstić information content (AvgIpc) is 3.08. The zero-order valence-corrected chi connectivity index (χ0v) is 15.6. The van der Waals surface area contributed by atoms with Crippen LogP contribution >= 0.6 is 11.8 Å². The summed E-state index contributed by atoms with van der Waals surface area (Å²) >= 11 is 1.57. The van der Waals surface area contributed by atoms with Crippen molar-refractivity contribution in [2.24, 2.45) is 5.73 Å². The Morgan fingerprint density at radius 3 is 2.41 bits per heavy atom. The van der Waals surface area contributed by atoms with Gasteiger partial charge >= 0.3 is 0 Å². The van der Waals surface area contributed by atoms with Crippen molar-refractivity contribution in [2.45, 2.75) is 30.3 Å². The highest BCUT2D eigenvalue weighted by Gasteiger charge is 2.13. The fourth-order valence-corrected chi connectivity index (χ4v) is 3.65. The summed E-state index contributed by atoms with van der Waals surface area (Å²) in [6.45, 7) is 1.31. The Balaban J connectivity index is 1.69. The molecular formula is C19H21N5O2S. The average molecular weight is 383 g/mol. The highest BCUT2D eigenvalue weighted by atomic mass is 32.2. The lowest BCUT2D eigenvalue weighted by atomic mass is 10.1. The van der Waals surface area contributed by atoms with Crippen molar-refractivity contribution in [3.8, 4) is 0 Å². The van der Waals surface area contributed by atoms with Crippen molar-refractivity contribution >= 4 is 17.4 Å². The van der Waals surface area contributed by atoms with Crippen LogP contribution in [-0.4, -0.2) is 26.2 Å². The molecule has 0 saturated carbocycles. The molecule has 2 aromatic carbocycles. The van der Waals surface area contributed by atoms with Gasteiger partial charge in [-0.05, 0) is 24.1 Å². The number of aryl methyl sites for hydroxylation is 1. The van der Waals surface area contributed by atoms with Crippen molar-refractivity contribution in [2.75, 3.05) is 6.54 Å². The van der Waals surface area contributed by atoms with Gasteiger partial charge in [0, 0.05) is 30.9 Å². The Kier molecular flexibility index (Phi) is 6.56. The molecule has 0 amide bonds. The summed E-state index contributed by atoms with van der Waals surface area (Å²) in [5.74, 6) is 1.56. The largest absolute Gasteiger partial charge is 0.330 e. The first-order valence-corrected chi connectivity index (χ1v) is 9.68. The minimum Gasteiger partial charge on any atom is -0.330 e. The zero-order valence-electron chi connectivity index (χ0n) is 14.8. The molecule has 0 spiro atoms. The summed E-state index contributed by atoms with van der Waals surface area (Å²) in [6.07, 6.45) is 1.57. The van der Waals surface area contributed by atoms with E-state index in [0.29, 0.717) is 18.7 Å². The number of rotatable bonds is 9. The molecule has 7 nitrogen and oxygen atoms in total. The molecule has 0 aliphatic carbocycles. The third-order valence-electron chi connectivity index (χ3n) is 4.14. The van der Waals surface area contributed by atoms with E-state index in [1.165, 1.54) is 17.7 Å². The minimum atomic E-state index is -0.393. The first-order valence-electron chi connectivity index (χ1n) is 8.69. The van der Waals surface area contributed by atoms with Crippen molar-refractivity contribution in [1.29, 1.82) is 0 Å². The molecule has 27 heavy (non-hydrogen) atoms. The molecule has 1 aromatic heterocycles. The van der Waals surface area contributed by atoms with E-state index in [4.69, 9.17) is 5.73 Å². The Morgan fingerprint density at radius 1 is 1.00 bits per heavy atom. The molecule has 0 radical (unpaired) electrons. The van der Waals surface area contributed by atoms with Gasteiger partial charge in [0.1, 0.15) is 5.82 Å². The first kappa shape index (κ1) is 19.1. The lowest BCUT2D eigenvalue weighted by Crippen LogP contribution is -2.12. The van der Waals surface area contributed by atoms with Crippen LogP contribution in [0.3, 0.4) is 0 Å². The molecule has 3 aromatic rings. The smallest absolute Gasteiger partial charge is 0.269 e. The summed E-state index contributed by atoms with van der Waals surface area (Å²) in [5.41, 5.74) is 8.07. The Hall–Kier alpha value is -2.71. The second-order valence-corrected chi connectivity index (χ2v) is 6.98. The van der Waals surface area contributed by atoms with E-state index in [1.54, 1.807) is 23.9 Å². The van der Waals surface area contributed by atoms with Crippen LogP contribution in [0.25, 0.3) is 0 Å². The zero-order chi connectivity index (χ0) is 19.1. The molecule has 1 heterocycles. The topological polar surface area (TPSA) is 99.9 Å². The fourth-order valence-electron chi connectivity index (χ4n) is 2.71. The van der Waals surface area contributed by atoms with E-state index in [1.807, 2.05) is 18.2 Å². The maximum Gasteiger partial charge on any atom is 0.269 e. The van der Waals surface area contributed by atoms with Crippen molar-refractivity contribution < 1.29 is 4.92 Å². The van der Waals surface area contributed by atoms with Gasteiger partial charge < -0.3 is 10.3 Å². The summed E-state index contributed by atoms with van der Waals surface area (Å²) in [4.78, 5) is 10.4. The quantitative estimate of drug-likeness (QED) is 0.346. The second-order valence-electron chi connectivity index (χ2n) is 6.04. The SMILES string of the molecule is NCCc1nnc(SCc2ccc([N+](=O)[O-])cc2)n1CCc1ccccc1. The van der Waals surface area contributed by atoms with E-state index in [-0.39, 0.29) is 5.69 Å². The van der Waals surface area contributed by atoms with Gasteiger partial charge in [0.15, 0.2) is 5.16 Å². The Bertz CT molecular complexity index is 881.